The number of nitrogens with one attached hydrogen (secondary N) is 2. The summed E-state index contributed by atoms with van der Waals surface area (Å²) >= 11 is 0. The lowest BCUT2D eigenvalue weighted by Crippen LogP contribution is -2.47. The molecule has 5 N–H and O–H groups in total. The van der Waals surface area contributed by atoms with Crippen LogP contribution >= 0.6 is 0 Å². The molecule has 1 atom stereocenters. The molecule has 0 aromatic carbocycles. The molecule has 1 unspecified atom stereocenters. The molecule has 104 valence electrons. The zero-order chi connectivity index (χ0) is 14.0. The topological polar surface area (TPSA) is 131 Å². The maximum Gasteiger partial charge on any atom is 0.326 e. The number of aliphatic carboxylic acids is 1. The Labute approximate surface area is 105 Å². The molecular formula is C10H19N3O5. The van der Waals surface area contributed by atoms with Crippen LogP contribution in [0.4, 0.5) is 4.79 Å². The van der Waals surface area contributed by atoms with Crippen molar-refractivity contribution in [3.05, 3.63) is 0 Å². The number of carbonyl (C=O) groups is 3. The van der Waals surface area contributed by atoms with Crippen molar-refractivity contribution in [2.75, 3.05) is 20.3 Å². The van der Waals surface area contributed by atoms with Gasteiger partial charge in [0.25, 0.3) is 0 Å². The molecule has 0 heterocycles. The van der Waals surface area contributed by atoms with Gasteiger partial charge in [0.2, 0.25) is 5.91 Å². The van der Waals surface area contributed by atoms with Gasteiger partial charge in [-0.2, -0.15) is 0 Å². The first-order chi connectivity index (χ1) is 8.47. The van der Waals surface area contributed by atoms with Crippen molar-refractivity contribution in [3.63, 3.8) is 0 Å². The number of primary amides is 1. The van der Waals surface area contributed by atoms with E-state index in [2.05, 4.69) is 10.6 Å². The van der Waals surface area contributed by atoms with Gasteiger partial charge in [-0.25, -0.2) is 9.59 Å². The van der Waals surface area contributed by atoms with Crippen LogP contribution in [-0.2, 0) is 14.3 Å². The minimum atomic E-state index is -1.30. The summed E-state index contributed by atoms with van der Waals surface area (Å²) in [6.07, 6.45) is 1.07. The largest absolute Gasteiger partial charge is 0.480 e. The highest BCUT2D eigenvalue weighted by Gasteiger charge is 2.21. The smallest absolute Gasteiger partial charge is 0.326 e. The fourth-order valence-electron chi connectivity index (χ4n) is 1.18. The van der Waals surface area contributed by atoms with Gasteiger partial charge in [-0.3, -0.25) is 4.79 Å². The van der Waals surface area contributed by atoms with Gasteiger partial charge < -0.3 is 26.2 Å². The zero-order valence-corrected chi connectivity index (χ0v) is 10.3. The highest BCUT2D eigenvalue weighted by Crippen LogP contribution is 1.92. The van der Waals surface area contributed by atoms with Crippen molar-refractivity contribution in [1.82, 2.24) is 10.6 Å². The predicted molar refractivity (Wildman–Crippen MR) is 62.9 cm³/mol. The number of urea groups is 1. The zero-order valence-electron chi connectivity index (χ0n) is 10.3. The van der Waals surface area contributed by atoms with Crippen LogP contribution in [0.5, 0.6) is 0 Å². The first-order valence-electron chi connectivity index (χ1n) is 5.51. The Morgan fingerprint density at radius 3 is 2.50 bits per heavy atom. The fourth-order valence-corrected chi connectivity index (χ4v) is 1.18. The molecular weight excluding hydrogens is 242 g/mol. The second-order valence-electron chi connectivity index (χ2n) is 3.66. The van der Waals surface area contributed by atoms with Crippen LogP contribution in [-0.4, -0.2) is 49.3 Å². The monoisotopic (exact) mass is 261 g/mol. The molecule has 0 aliphatic heterocycles. The van der Waals surface area contributed by atoms with E-state index < -0.39 is 30.4 Å². The first kappa shape index (κ1) is 16.2. The third kappa shape index (κ3) is 8.34. The fraction of sp³-hybridized carbons (Fsp3) is 0.700. The molecule has 0 saturated carbocycles. The highest BCUT2D eigenvalue weighted by atomic mass is 16.5. The van der Waals surface area contributed by atoms with E-state index in [1.807, 2.05) is 0 Å². The summed E-state index contributed by atoms with van der Waals surface area (Å²) in [5, 5.41) is 13.4. The Morgan fingerprint density at radius 1 is 1.33 bits per heavy atom. The molecule has 0 aromatic heterocycles. The lowest BCUT2D eigenvalue weighted by atomic mass is 10.2. The van der Waals surface area contributed by atoms with E-state index in [0.717, 1.165) is 12.8 Å². The quantitative estimate of drug-likeness (QED) is 0.397. The molecule has 8 nitrogen and oxygen atoms in total. The Morgan fingerprint density at radius 2 is 2.00 bits per heavy atom. The van der Waals surface area contributed by atoms with E-state index in [1.54, 1.807) is 7.11 Å². The Balaban J connectivity index is 3.88. The SMILES string of the molecule is COCCCCNC(=O)NC(CC(N)=O)C(=O)O. The number of rotatable bonds is 9. The van der Waals surface area contributed by atoms with E-state index in [4.69, 9.17) is 15.6 Å². The third-order valence-electron chi connectivity index (χ3n) is 2.07. The van der Waals surface area contributed by atoms with Crippen molar-refractivity contribution in [2.24, 2.45) is 5.73 Å². The van der Waals surface area contributed by atoms with E-state index in [-0.39, 0.29) is 0 Å². The number of carboxylic acid groups (broad SMARTS) is 1. The number of unbranched alkanes of at least 4 members (excludes halogenated alkanes) is 1. The van der Waals surface area contributed by atoms with Crippen LogP contribution in [0.2, 0.25) is 0 Å². The van der Waals surface area contributed by atoms with Gasteiger partial charge in [0, 0.05) is 20.3 Å². The van der Waals surface area contributed by atoms with E-state index >= 15 is 0 Å². The summed E-state index contributed by atoms with van der Waals surface area (Å²) in [6.45, 7) is 1.00. The van der Waals surface area contributed by atoms with Crippen LogP contribution in [0.25, 0.3) is 0 Å². The average Bonchev–Trinajstić information content (AvgIpc) is 2.27. The second kappa shape index (κ2) is 9.23. The molecule has 8 heteroatoms. The molecule has 0 aliphatic rings. The first-order valence-corrected chi connectivity index (χ1v) is 5.51. The van der Waals surface area contributed by atoms with E-state index in [9.17, 15) is 14.4 Å². The molecule has 0 aliphatic carbocycles. The number of hydrogen-bond acceptors (Lipinski definition) is 4. The minimum Gasteiger partial charge on any atom is -0.480 e. The maximum atomic E-state index is 11.3. The van der Waals surface area contributed by atoms with Crippen molar-refractivity contribution in [3.8, 4) is 0 Å². The summed E-state index contributed by atoms with van der Waals surface area (Å²) in [5.41, 5.74) is 4.87. The molecule has 0 fully saturated rings. The normalized spacial score (nSPS) is 11.6. The highest BCUT2D eigenvalue weighted by molar-refractivity contribution is 5.87. The average molecular weight is 261 g/mol. The molecule has 0 aromatic rings. The van der Waals surface area contributed by atoms with Crippen molar-refractivity contribution in [1.29, 1.82) is 0 Å². The van der Waals surface area contributed by atoms with Crippen molar-refractivity contribution < 1.29 is 24.2 Å². The summed E-state index contributed by atoms with van der Waals surface area (Å²) in [4.78, 5) is 32.6. The molecule has 0 spiro atoms. The summed E-state index contributed by atoms with van der Waals surface area (Å²) in [5.74, 6) is -2.09. The van der Waals surface area contributed by atoms with Crippen LogP contribution in [0.3, 0.4) is 0 Å². The number of amides is 3. The van der Waals surface area contributed by atoms with Gasteiger partial charge in [-0.1, -0.05) is 0 Å². The number of carboxylic acids is 1. The summed E-state index contributed by atoms with van der Waals surface area (Å²) in [6, 6.07) is -1.94. The van der Waals surface area contributed by atoms with Crippen LogP contribution in [0.15, 0.2) is 0 Å². The number of hydrogen-bond donors (Lipinski definition) is 4. The lowest BCUT2D eigenvalue weighted by Gasteiger charge is -2.13. The number of nitrogens with two attached hydrogens (primary N) is 1. The molecule has 3 amide bonds. The van der Waals surface area contributed by atoms with E-state index in [0.29, 0.717) is 13.2 Å². The van der Waals surface area contributed by atoms with Crippen LogP contribution in [0.1, 0.15) is 19.3 Å². The van der Waals surface area contributed by atoms with Gasteiger partial charge in [0.1, 0.15) is 6.04 Å². The minimum absolute atomic E-state index is 0.401. The van der Waals surface area contributed by atoms with Gasteiger partial charge in [0.05, 0.1) is 6.42 Å². The Hall–Kier alpha value is -1.83. The maximum absolute atomic E-state index is 11.3. The molecule has 18 heavy (non-hydrogen) atoms. The molecule has 0 bridgehead atoms. The van der Waals surface area contributed by atoms with Crippen molar-refractivity contribution in [2.45, 2.75) is 25.3 Å². The number of ether oxygens (including phenoxy) is 1. The van der Waals surface area contributed by atoms with Gasteiger partial charge >= 0.3 is 12.0 Å². The van der Waals surface area contributed by atoms with E-state index in [1.165, 1.54) is 0 Å². The molecule has 0 saturated heterocycles. The standard InChI is InChI=1S/C10H19N3O5/c1-18-5-3-2-4-12-10(17)13-7(9(15)16)6-8(11)14/h7H,2-6H2,1H3,(H2,11,14)(H,15,16)(H2,12,13,17). The molecule has 0 rings (SSSR count). The third-order valence-corrected chi connectivity index (χ3v) is 2.07. The number of methoxy groups -OCH3 is 1. The summed E-state index contributed by atoms with van der Waals surface area (Å²) in [7, 11) is 1.58. The lowest BCUT2D eigenvalue weighted by molar-refractivity contribution is -0.140. The van der Waals surface area contributed by atoms with Crippen LogP contribution in [0, 0.1) is 0 Å². The predicted octanol–water partition coefficient (Wildman–Crippen LogP) is -0.959. The second-order valence-corrected chi connectivity index (χ2v) is 3.66. The summed E-state index contributed by atoms with van der Waals surface area (Å²) < 4.78 is 4.83. The Kier molecular flexibility index (Phi) is 8.29. The van der Waals surface area contributed by atoms with Crippen molar-refractivity contribution >= 4 is 17.9 Å². The molecule has 0 radical (unpaired) electrons. The number of carbonyl (C=O) groups excluding carboxylic acids is 2. The van der Waals surface area contributed by atoms with Gasteiger partial charge in [0.15, 0.2) is 0 Å². The Bertz CT molecular complexity index is 295. The van der Waals surface area contributed by atoms with Crippen LogP contribution < -0.4 is 16.4 Å². The van der Waals surface area contributed by atoms with Gasteiger partial charge in [-0.05, 0) is 12.8 Å². The van der Waals surface area contributed by atoms with Gasteiger partial charge in [-0.15, -0.1) is 0 Å².